The maximum Gasteiger partial charge on any atom is 0.424 e. The predicted molar refractivity (Wildman–Crippen MR) is 75.3 cm³/mol. The van der Waals surface area contributed by atoms with E-state index in [4.69, 9.17) is 4.74 Å². The quantitative estimate of drug-likeness (QED) is 0.797. The Morgan fingerprint density at radius 3 is 2.84 bits per heavy atom. The minimum Gasteiger partial charge on any atom is -0.447 e. The molecule has 1 atom stereocenters. The van der Waals surface area contributed by atoms with Gasteiger partial charge in [0, 0.05) is 6.04 Å². The summed E-state index contributed by atoms with van der Waals surface area (Å²) < 4.78 is 4.88. The average Bonchev–Trinajstić information content (AvgIpc) is 2.83. The molecule has 1 amide bonds. The van der Waals surface area contributed by atoms with E-state index in [-0.39, 0.29) is 12.1 Å². The van der Waals surface area contributed by atoms with E-state index < -0.39 is 0 Å². The lowest BCUT2D eigenvalue weighted by Gasteiger charge is -2.20. The van der Waals surface area contributed by atoms with Crippen molar-refractivity contribution in [3.05, 3.63) is 54.6 Å². The van der Waals surface area contributed by atoms with E-state index in [1.54, 1.807) is 0 Å². The van der Waals surface area contributed by atoms with Crippen LogP contribution in [0.3, 0.4) is 0 Å². The van der Waals surface area contributed by atoms with E-state index in [0.717, 1.165) is 12.0 Å². The maximum atomic E-state index is 11.4. The number of cyclic esters (lactones) is 1. The summed E-state index contributed by atoms with van der Waals surface area (Å²) in [5.41, 5.74) is 4.26. The van der Waals surface area contributed by atoms with E-state index in [0.29, 0.717) is 13.2 Å². The number of nitrogens with one attached hydrogen (secondary N) is 1. The van der Waals surface area contributed by atoms with Crippen LogP contribution in [0.15, 0.2) is 49.1 Å². The molecule has 2 rings (SSSR count). The molecule has 19 heavy (non-hydrogen) atoms. The normalized spacial score (nSPS) is 16.6. The highest BCUT2D eigenvalue weighted by Crippen LogP contribution is 2.07. The van der Waals surface area contributed by atoms with Gasteiger partial charge in [-0.15, -0.1) is 6.58 Å². The van der Waals surface area contributed by atoms with Crippen molar-refractivity contribution in [1.29, 1.82) is 0 Å². The molecule has 1 saturated heterocycles. The number of nitrogens with zero attached hydrogens (tertiary/aromatic N) is 1. The van der Waals surface area contributed by atoms with Gasteiger partial charge in [-0.3, -0.25) is 0 Å². The zero-order chi connectivity index (χ0) is 13.5. The fraction of sp³-hybridized carbons (Fsp3) is 0.267. The smallest absolute Gasteiger partial charge is 0.424 e. The lowest BCUT2D eigenvalue weighted by molar-refractivity contribution is 0.142. The lowest BCUT2D eigenvalue weighted by Crippen LogP contribution is -2.44. The van der Waals surface area contributed by atoms with Gasteiger partial charge in [-0.25, -0.2) is 15.2 Å². The molecule has 0 aromatic heterocycles. The molecule has 0 bridgehead atoms. The molecule has 0 saturated carbocycles. The van der Waals surface area contributed by atoms with Crippen LogP contribution in [-0.2, 0) is 4.74 Å². The van der Waals surface area contributed by atoms with Crippen LogP contribution in [-0.4, -0.2) is 30.3 Å². The topological polar surface area (TPSA) is 41.6 Å². The Morgan fingerprint density at radius 2 is 2.21 bits per heavy atom. The van der Waals surface area contributed by atoms with Gasteiger partial charge in [0.15, 0.2) is 0 Å². The second kappa shape index (κ2) is 6.75. The first-order chi connectivity index (χ1) is 9.29. The van der Waals surface area contributed by atoms with Crippen LogP contribution in [0, 0.1) is 0 Å². The molecule has 4 nitrogen and oxygen atoms in total. The van der Waals surface area contributed by atoms with Gasteiger partial charge in [0.25, 0.3) is 0 Å². The molecule has 1 heterocycles. The number of carbonyl (C=O) groups is 1. The van der Waals surface area contributed by atoms with Crippen LogP contribution >= 0.6 is 0 Å². The lowest BCUT2D eigenvalue weighted by atomic mass is 10.1. The summed E-state index contributed by atoms with van der Waals surface area (Å²) in [5, 5.41) is 1.50. The van der Waals surface area contributed by atoms with E-state index in [1.165, 1.54) is 5.01 Å². The zero-order valence-electron chi connectivity index (χ0n) is 10.8. The van der Waals surface area contributed by atoms with Gasteiger partial charge in [0.2, 0.25) is 0 Å². The average molecular weight is 258 g/mol. The summed E-state index contributed by atoms with van der Waals surface area (Å²) in [6, 6.07) is 10.1. The molecule has 1 aliphatic heterocycles. The minimum absolute atomic E-state index is 0.0309. The van der Waals surface area contributed by atoms with Gasteiger partial charge >= 0.3 is 6.09 Å². The third-order valence-electron chi connectivity index (χ3n) is 2.82. The molecule has 1 fully saturated rings. The summed E-state index contributed by atoms with van der Waals surface area (Å²) in [4.78, 5) is 11.4. The fourth-order valence-electron chi connectivity index (χ4n) is 1.86. The number of hydrazine groups is 1. The summed E-state index contributed by atoms with van der Waals surface area (Å²) in [5.74, 6) is 0. The fourth-order valence-corrected chi connectivity index (χ4v) is 1.86. The highest BCUT2D eigenvalue weighted by molar-refractivity contribution is 5.68. The molecule has 0 spiro atoms. The minimum atomic E-state index is -0.317. The molecule has 1 N–H and O–H groups in total. The Morgan fingerprint density at radius 1 is 1.42 bits per heavy atom. The van der Waals surface area contributed by atoms with Crippen molar-refractivity contribution in [3.63, 3.8) is 0 Å². The Kier molecular flexibility index (Phi) is 4.75. The number of benzene rings is 1. The molecule has 1 aromatic carbocycles. The number of hydrogen-bond acceptors (Lipinski definition) is 3. The molecule has 1 aromatic rings. The van der Waals surface area contributed by atoms with Crippen LogP contribution in [0.4, 0.5) is 4.79 Å². The van der Waals surface area contributed by atoms with Crippen molar-refractivity contribution in [2.24, 2.45) is 0 Å². The van der Waals surface area contributed by atoms with E-state index in [9.17, 15) is 4.79 Å². The van der Waals surface area contributed by atoms with Crippen molar-refractivity contribution >= 4 is 12.2 Å². The molecule has 0 unspecified atom stereocenters. The van der Waals surface area contributed by atoms with Crippen LogP contribution in [0.1, 0.15) is 12.0 Å². The monoisotopic (exact) mass is 258 g/mol. The van der Waals surface area contributed by atoms with Crippen molar-refractivity contribution in [2.75, 3.05) is 13.2 Å². The van der Waals surface area contributed by atoms with E-state index in [1.807, 2.05) is 48.6 Å². The van der Waals surface area contributed by atoms with Crippen LogP contribution < -0.4 is 5.43 Å². The Hall–Kier alpha value is -2.07. The summed E-state index contributed by atoms with van der Waals surface area (Å²) >= 11 is 0. The first kappa shape index (κ1) is 13.4. The van der Waals surface area contributed by atoms with Crippen molar-refractivity contribution in [3.8, 4) is 0 Å². The Balaban J connectivity index is 1.97. The second-order valence-electron chi connectivity index (χ2n) is 4.30. The van der Waals surface area contributed by atoms with Gasteiger partial charge in [0.05, 0.1) is 6.54 Å². The van der Waals surface area contributed by atoms with Crippen molar-refractivity contribution in [1.82, 2.24) is 10.4 Å². The highest BCUT2D eigenvalue weighted by Gasteiger charge is 2.23. The SMILES string of the molecule is C=CC[C@@H](/C=C/c1ccccc1)NN1CCOC1=O. The Labute approximate surface area is 113 Å². The summed E-state index contributed by atoms with van der Waals surface area (Å²) in [7, 11) is 0. The van der Waals surface area contributed by atoms with E-state index in [2.05, 4.69) is 12.0 Å². The predicted octanol–water partition coefficient (Wildman–Crippen LogP) is 2.60. The van der Waals surface area contributed by atoms with Gasteiger partial charge in [-0.2, -0.15) is 0 Å². The van der Waals surface area contributed by atoms with E-state index >= 15 is 0 Å². The molecular weight excluding hydrogens is 240 g/mol. The highest BCUT2D eigenvalue weighted by atomic mass is 16.6. The number of ether oxygens (including phenoxy) is 1. The summed E-state index contributed by atoms with van der Waals surface area (Å²) in [6.07, 6.45) is 6.31. The van der Waals surface area contributed by atoms with Crippen LogP contribution in [0.2, 0.25) is 0 Å². The first-order valence-electron chi connectivity index (χ1n) is 6.34. The Bertz CT molecular complexity index is 456. The molecule has 1 aliphatic rings. The van der Waals surface area contributed by atoms with Crippen molar-refractivity contribution in [2.45, 2.75) is 12.5 Å². The third-order valence-corrected chi connectivity index (χ3v) is 2.82. The standard InChI is InChI=1S/C15H18N2O2/c1-2-6-14(16-17-11-12-19-15(17)18)10-9-13-7-4-3-5-8-13/h2-5,7-10,14,16H,1,6,11-12H2/b10-9+/t14-/m0/s1. The molecule has 0 aliphatic carbocycles. The molecule has 0 radical (unpaired) electrons. The number of hydrogen-bond donors (Lipinski definition) is 1. The third kappa shape index (κ3) is 3.96. The molecular formula is C15H18N2O2. The van der Waals surface area contributed by atoms with Gasteiger partial charge in [0.1, 0.15) is 6.61 Å². The largest absolute Gasteiger partial charge is 0.447 e. The van der Waals surface area contributed by atoms with Crippen LogP contribution in [0.25, 0.3) is 6.08 Å². The maximum absolute atomic E-state index is 11.4. The van der Waals surface area contributed by atoms with Crippen molar-refractivity contribution < 1.29 is 9.53 Å². The van der Waals surface area contributed by atoms with Gasteiger partial charge < -0.3 is 4.74 Å². The number of carbonyl (C=O) groups excluding carboxylic acids is 1. The number of amides is 1. The van der Waals surface area contributed by atoms with Crippen LogP contribution in [0.5, 0.6) is 0 Å². The second-order valence-corrected chi connectivity index (χ2v) is 4.30. The van der Waals surface area contributed by atoms with Gasteiger partial charge in [-0.05, 0) is 12.0 Å². The van der Waals surface area contributed by atoms with Gasteiger partial charge in [-0.1, -0.05) is 48.6 Å². The zero-order valence-corrected chi connectivity index (χ0v) is 10.8. The molecule has 4 heteroatoms. The first-order valence-corrected chi connectivity index (χ1v) is 6.34. The number of rotatable bonds is 6. The summed E-state index contributed by atoms with van der Waals surface area (Å²) in [6.45, 7) is 4.76. The molecule has 100 valence electrons.